The minimum absolute atomic E-state index is 0.233. The van der Waals surface area contributed by atoms with Crippen LogP contribution in [0, 0.1) is 5.82 Å². The topological polar surface area (TPSA) is 56.7 Å². The fourth-order valence-corrected chi connectivity index (χ4v) is 3.99. The molecule has 0 aliphatic rings. The first-order valence-electron chi connectivity index (χ1n) is 8.70. The Balaban J connectivity index is 2.06. The van der Waals surface area contributed by atoms with Gasteiger partial charge in [-0.05, 0) is 48.4 Å². The lowest BCUT2D eigenvalue weighted by atomic mass is 10.1. The van der Waals surface area contributed by atoms with Gasteiger partial charge in [-0.3, -0.25) is 4.98 Å². The lowest BCUT2D eigenvalue weighted by Crippen LogP contribution is -2.11. The van der Waals surface area contributed by atoms with E-state index in [-0.39, 0.29) is 11.7 Å². The Morgan fingerprint density at radius 1 is 1.19 bits per heavy atom. The maximum absolute atomic E-state index is 13.6. The van der Waals surface area contributed by atoms with Crippen LogP contribution in [-0.2, 0) is 13.0 Å². The summed E-state index contributed by atoms with van der Waals surface area (Å²) in [6.45, 7) is 5.48. The molecular formula is C20H23FN4S. The van der Waals surface area contributed by atoms with Crippen molar-refractivity contribution in [2.24, 2.45) is 5.73 Å². The van der Waals surface area contributed by atoms with Crippen molar-refractivity contribution in [1.82, 2.24) is 14.5 Å². The standard InChI is InChI=1S/C20H23FN4S/c1-14(2)19-20(26-17-5-3-4-16(21)12-17)25(18(24-19)6-9-22)13-15-7-10-23-11-8-15/h3-5,7-8,10-12,14H,6,9,13,22H2,1-2H3. The fourth-order valence-electron chi connectivity index (χ4n) is 2.78. The van der Waals surface area contributed by atoms with E-state index in [0.717, 1.165) is 27.0 Å². The second-order valence-electron chi connectivity index (χ2n) is 6.41. The Bertz CT molecular complexity index is 862. The second kappa shape index (κ2) is 8.47. The van der Waals surface area contributed by atoms with Gasteiger partial charge in [-0.2, -0.15) is 0 Å². The molecule has 0 atom stereocenters. The average Bonchev–Trinajstić information content (AvgIpc) is 2.94. The molecule has 4 nitrogen and oxygen atoms in total. The molecule has 0 radical (unpaired) electrons. The van der Waals surface area contributed by atoms with Crippen LogP contribution < -0.4 is 5.73 Å². The Labute approximate surface area is 157 Å². The minimum atomic E-state index is -0.233. The largest absolute Gasteiger partial charge is 0.330 e. The normalized spacial score (nSPS) is 11.3. The average molecular weight is 370 g/mol. The first-order valence-corrected chi connectivity index (χ1v) is 9.51. The number of benzene rings is 1. The number of aromatic nitrogens is 3. The molecule has 0 bridgehead atoms. The van der Waals surface area contributed by atoms with Crippen LogP contribution in [0.25, 0.3) is 0 Å². The number of pyridine rings is 1. The fraction of sp³-hybridized carbons (Fsp3) is 0.300. The molecule has 136 valence electrons. The number of halogens is 1. The summed E-state index contributed by atoms with van der Waals surface area (Å²) < 4.78 is 15.8. The summed E-state index contributed by atoms with van der Waals surface area (Å²) in [7, 11) is 0. The summed E-state index contributed by atoms with van der Waals surface area (Å²) in [4.78, 5) is 9.82. The van der Waals surface area contributed by atoms with Crippen LogP contribution in [0.2, 0.25) is 0 Å². The summed E-state index contributed by atoms with van der Waals surface area (Å²) in [5, 5.41) is 1.05. The Hall–Kier alpha value is -2.18. The van der Waals surface area contributed by atoms with Crippen molar-refractivity contribution >= 4 is 11.8 Å². The maximum atomic E-state index is 13.6. The van der Waals surface area contributed by atoms with Gasteiger partial charge in [0.2, 0.25) is 0 Å². The summed E-state index contributed by atoms with van der Waals surface area (Å²) in [6.07, 6.45) is 4.28. The van der Waals surface area contributed by atoms with E-state index in [4.69, 9.17) is 10.7 Å². The molecule has 2 aromatic heterocycles. The lowest BCUT2D eigenvalue weighted by molar-refractivity contribution is 0.624. The van der Waals surface area contributed by atoms with Crippen LogP contribution in [0.3, 0.4) is 0 Å². The molecular weight excluding hydrogens is 347 g/mol. The first-order chi connectivity index (χ1) is 12.6. The van der Waals surface area contributed by atoms with E-state index in [1.165, 1.54) is 6.07 Å². The van der Waals surface area contributed by atoms with Crippen molar-refractivity contribution in [3.8, 4) is 0 Å². The molecule has 0 spiro atoms. The van der Waals surface area contributed by atoms with Gasteiger partial charge >= 0.3 is 0 Å². The molecule has 1 aromatic carbocycles. The van der Waals surface area contributed by atoms with Crippen molar-refractivity contribution in [2.45, 2.75) is 42.7 Å². The van der Waals surface area contributed by atoms with Gasteiger partial charge in [0.05, 0.1) is 5.69 Å². The number of nitrogens with zero attached hydrogens (tertiary/aromatic N) is 3. The highest BCUT2D eigenvalue weighted by Crippen LogP contribution is 2.35. The van der Waals surface area contributed by atoms with Gasteiger partial charge in [-0.15, -0.1) is 0 Å². The van der Waals surface area contributed by atoms with Gasteiger partial charge in [0, 0.05) is 30.3 Å². The van der Waals surface area contributed by atoms with Crippen molar-refractivity contribution in [1.29, 1.82) is 0 Å². The molecule has 3 aromatic rings. The zero-order chi connectivity index (χ0) is 18.5. The molecule has 2 heterocycles. The van der Waals surface area contributed by atoms with Gasteiger partial charge in [-0.25, -0.2) is 9.37 Å². The zero-order valence-corrected chi connectivity index (χ0v) is 15.8. The Morgan fingerprint density at radius 2 is 1.96 bits per heavy atom. The number of imidazole rings is 1. The highest BCUT2D eigenvalue weighted by molar-refractivity contribution is 7.99. The van der Waals surface area contributed by atoms with E-state index >= 15 is 0 Å². The molecule has 0 saturated carbocycles. The molecule has 26 heavy (non-hydrogen) atoms. The minimum Gasteiger partial charge on any atom is -0.330 e. The van der Waals surface area contributed by atoms with Crippen LogP contribution in [0.4, 0.5) is 4.39 Å². The number of hydrogen-bond donors (Lipinski definition) is 1. The first kappa shape index (κ1) is 18.6. The maximum Gasteiger partial charge on any atom is 0.124 e. The van der Waals surface area contributed by atoms with E-state index in [0.29, 0.717) is 19.5 Å². The third-order valence-electron chi connectivity index (χ3n) is 4.04. The smallest absolute Gasteiger partial charge is 0.124 e. The van der Waals surface area contributed by atoms with Crippen molar-refractivity contribution in [2.75, 3.05) is 6.54 Å². The molecule has 0 unspecified atom stereocenters. The molecule has 0 amide bonds. The van der Waals surface area contributed by atoms with Crippen LogP contribution >= 0.6 is 11.8 Å². The van der Waals surface area contributed by atoms with Gasteiger partial charge < -0.3 is 10.3 Å². The SMILES string of the molecule is CC(C)c1nc(CCN)n(Cc2ccncc2)c1Sc1cccc(F)c1. The quantitative estimate of drug-likeness (QED) is 0.676. The predicted molar refractivity (Wildman–Crippen MR) is 103 cm³/mol. The van der Waals surface area contributed by atoms with E-state index in [9.17, 15) is 4.39 Å². The van der Waals surface area contributed by atoms with Crippen LogP contribution in [0.5, 0.6) is 0 Å². The molecule has 2 N–H and O–H groups in total. The highest BCUT2D eigenvalue weighted by Gasteiger charge is 2.20. The second-order valence-corrected chi connectivity index (χ2v) is 7.48. The van der Waals surface area contributed by atoms with E-state index < -0.39 is 0 Å². The molecule has 0 aliphatic carbocycles. The third kappa shape index (κ3) is 4.31. The molecule has 0 aliphatic heterocycles. The lowest BCUT2D eigenvalue weighted by Gasteiger charge is -2.13. The number of rotatable bonds is 7. The predicted octanol–water partition coefficient (Wildman–Crippen LogP) is 4.24. The van der Waals surface area contributed by atoms with Crippen molar-refractivity contribution < 1.29 is 4.39 Å². The summed E-state index contributed by atoms with van der Waals surface area (Å²) in [6, 6.07) is 10.7. The van der Waals surface area contributed by atoms with E-state index in [2.05, 4.69) is 23.4 Å². The summed E-state index contributed by atoms with van der Waals surface area (Å²) in [5.74, 6) is 0.997. The Kier molecular flexibility index (Phi) is 6.06. The van der Waals surface area contributed by atoms with Gasteiger partial charge in [-0.1, -0.05) is 31.7 Å². The van der Waals surface area contributed by atoms with Gasteiger partial charge in [0.25, 0.3) is 0 Å². The van der Waals surface area contributed by atoms with Crippen molar-refractivity contribution in [3.63, 3.8) is 0 Å². The van der Waals surface area contributed by atoms with Crippen LogP contribution in [-0.4, -0.2) is 21.1 Å². The van der Waals surface area contributed by atoms with Gasteiger partial charge in [0.15, 0.2) is 0 Å². The van der Waals surface area contributed by atoms with Crippen LogP contribution in [0.1, 0.15) is 36.8 Å². The molecule has 3 rings (SSSR count). The van der Waals surface area contributed by atoms with Crippen molar-refractivity contribution in [3.05, 3.63) is 71.7 Å². The highest BCUT2D eigenvalue weighted by atomic mass is 32.2. The third-order valence-corrected chi connectivity index (χ3v) is 5.15. The Morgan fingerprint density at radius 3 is 2.62 bits per heavy atom. The molecule has 0 saturated heterocycles. The van der Waals surface area contributed by atoms with E-state index in [1.807, 2.05) is 18.2 Å². The monoisotopic (exact) mass is 370 g/mol. The van der Waals surface area contributed by atoms with E-state index in [1.54, 1.807) is 36.3 Å². The summed E-state index contributed by atoms with van der Waals surface area (Å²) >= 11 is 1.55. The van der Waals surface area contributed by atoms with Gasteiger partial charge in [0.1, 0.15) is 16.7 Å². The van der Waals surface area contributed by atoms with Crippen LogP contribution in [0.15, 0.2) is 58.7 Å². The number of nitrogens with two attached hydrogens (primary N) is 1. The molecule has 0 fully saturated rings. The number of hydrogen-bond acceptors (Lipinski definition) is 4. The summed E-state index contributed by atoms with van der Waals surface area (Å²) in [5.41, 5.74) is 7.98. The zero-order valence-electron chi connectivity index (χ0n) is 15.0. The molecule has 6 heteroatoms.